The van der Waals surface area contributed by atoms with E-state index in [2.05, 4.69) is 17.6 Å². The van der Waals surface area contributed by atoms with E-state index >= 15 is 0 Å². The van der Waals surface area contributed by atoms with Crippen molar-refractivity contribution in [1.82, 2.24) is 5.32 Å². The highest BCUT2D eigenvalue weighted by Crippen LogP contribution is 2.30. The van der Waals surface area contributed by atoms with Gasteiger partial charge in [0.1, 0.15) is 0 Å². The normalized spacial score (nSPS) is 11.8. The van der Waals surface area contributed by atoms with Gasteiger partial charge in [-0.05, 0) is 32.4 Å². The number of anilines is 1. The number of carbonyl (C=O) groups excluding carboxylic acids is 1. The zero-order chi connectivity index (χ0) is 15.0. The molecule has 0 saturated heterocycles. The van der Waals surface area contributed by atoms with E-state index < -0.39 is 0 Å². The maximum atomic E-state index is 11.8. The van der Waals surface area contributed by atoms with Crippen molar-refractivity contribution in [3.05, 3.63) is 18.2 Å². The van der Waals surface area contributed by atoms with Gasteiger partial charge in [-0.25, -0.2) is 0 Å². The first kappa shape index (κ1) is 16.3. The van der Waals surface area contributed by atoms with Crippen LogP contribution in [0.4, 0.5) is 5.69 Å². The van der Waals surface area contributed by atoms with Gasteiger partial charge in [0.15, 0.2) is 11.5 Å². The zero-order valence-corrected chi connectivity index (χ0v) is 12.7. The average Bonchev–Trinajstić information content (AvgIpc) is 2.45. The number of hydrogen-bond acceptors (Lipinski definition) is 4. The Bertz CT molecular complexity index is 435. The standard InChI is InChI=1S/C15H24N2O3/c1-5-11(3)16-10-15(18)17-12-7-8-13(19-4)14(9-12)20-6-2/h7-9,11,16H,5-6,10H2,1-4H3,(H,17,18). The highest BCUT2D eigenvalue weighted by Gasteiger charge is 2.08. The van der Waals surface area contributed by atoms with Crippen molar-refractivity contribution in [1.29, 1.82) is 0 Å². The molecule has 2 N–H and O–H groups in total. The fourth-order valence-electron chi connectivity index (χ4n) is 1.64. The van der Waals surface area contributed by atoms with Crippen molar-refractivity contribution in [3.8, 4) is 11.5 Å². The molecule has 0 radical (unpaired) electrons. The molecule has 0 saturated carbocycles. The van der Waals surface area contributed by atoms with Gasteiger partial charge >= 0.3 is 0 Å². The number of hydrogen-bond donors (Lipinski definition) is 2. The predicted octanol–water partition coefficient (Wildman–Crippen LogP) is 2.42. The first-order chi connectivity index (χ1) is 9.60. The summed E-state index contributed by atoms with van der Waals surface area (Å²) in [7, 11) is 1.59. The Balaban J connectivity index is 2.63. The first-order valence-corrected chi connectivity index (χ1v) is 6.94. The van der Waals surface area contributed by atoms with Gasteiger partial charge in [0, 0.05) is 17.8 Å². The number of benzene rings is 1. The fraction of sp³-hybridized carbons (Fsp3) is 0.533. The molecular formula is C15H24N2O3. The Labute approximate surface area is 120 Å². The molecule has 1 aromatic rings. The van der Waals surface area contributed by atoms with Gasteiger partial charge < -0.3 is 20.1 Å². The van der Waals surface area contributed by atoms with Crippen molar-refractivity contribution >= 4 is 11.6 Å². The van der Waals surface area contributed by atoms with Crippen molar-refractivity contribution < 1.29 is 14.3 Å². The maximum absolute atomic E-state index is 11.8. The SMILES string of the molecule is CCOc1cc(NC(=O)CNC(C)CC)ccc1OC. The molecule has 0 aliphatic carbocycles. The summed E-state index contributed by atoms with van der Waals surface area (Å²) in [6.45, 7) is 6.87. The highest BCUT2D eigenvalue weighted by molar-refractivity contribution is 5.92. The van der Waals surface area contributed by atoms with E-state index in [1.54, 1.807) is 25.3 Å². The molecule has 1 aromatic carbocycles. The lowest BCUT2D eigenvalue weighted by Crippen LogP contribution is -2.33. The van der Waals surface area contributed by atoms with Gasteiger partial charge in [-0.2, -0.15) is 0 Å². The smallest absolute Gasteiger partial charge is 0.238 e. The summed E-state index contributed by atoms with van der Waals surface area (Å²) >= 11 is 0. The van der Waals surface area contributed by atoms with Crippen molar-refractivity contribution in [2.24, 2.45) is 0 Å². The molecule has 0 fully saturated rings. The molecule has 5 heteroatoms. The van der Waals surface area contributed by atoms with Crippen LogP contribution in [0.25, 0.3) is 0 Å². The number of carbonyl (C=O) groups is 1. The van der Waals surface area contributed by atoms with Crippen LogP contribution < -0.4 is 20.1 Å². The second-order valence-corrected chi connectivity index (χ2v) is 4.54. The molecule has 0 spiro atoms. The summed E-state index contributed by atoms with van der Waals surface area (Å²) in [4.78, 5) is 11.8. The van der Waals surface area contributed by atoms with E-state index in [0.717, 1.165) is 6.42 Å². The van der Waals surface area contributed by atoms with Crippen molar-refractivity contribution in [2.75, 3.05) is 25.6 Å². The van der Waals surface area contributed by atoms with Gasteiger partial charge in [-0.3, -0.25) is 4.79 Å². The molecule has 5 nitrogen and oxygen atoms in total. The molecule has 0 aliphatic heterocycles. The molecular weight excluding hydrogens is 256 g/mol. The van der Waals surface area contributed by atoms with E-state index in [9.17, 15) is 4.79 Å². The molecule has 20 heavy (non-hydrogen) atoms. The van der Waals surface area contributed by atoms with Crippen LogP contribution in [0.1, 0.15) is 27.2 Å². The Morgan fingerprint density at radius 3 is 2.65 bits per heavy atom. The van der Waals surface area contributed by atoms with E-state index in [-0.39, 0.29) is 5.91 Å². The van der Waals surface area contributed by atoms with Gasteiger partial charge in [0.25, 0.3) is 0 Å². The van der Waals surface area contributed by atoms with Crippen LogP contribution in [0.2, 0.25) is 0 Å². The second-order valence-electron chi connectivity index (χ2n) is 4.54. The Hall–Kier alpha value is -1.75. The summed E-state index contributed by atoms with van der Waals surface area (Å²) in [6.07, 6.45) is 0.990. The highest BCUT2D eigenvalue weighted by atomic mass is 16.5. The van der Waals surface area contributed by atoms with Gasteiger partial charge in [0.05, 0.1) is 20.3 Å². The minimum absolute atomic E-state index is 0.0714. The Kier molecular flexibility index (Phi) is 6.87. The minimum Gasteiger partial charge on any atom is -0.493 e. The Morgan fingerprint density at radius 2 is 2.05 bits per heavy atom. The number of methoxy groups -OCH3 is 1. The molecule has 0 heterocycles. The van der Waals surface area contributed by atoms with Gasteiger partial charge in [-0.15, -0.1) is 0 Å². The third kappa shape index (κ3) is 5.09. The lowest BCUT2D eigenvalue weighted by atomic mass is 10.2. The second kappa shape index (κ2) is 8.43. The van der Waals surface area contributed by atoms with Gasteiger partial charge in [-0.1, -0.05) is 6.92 Å². The molecule has 1 atom stereocenters. The topological polar surface area (TPSA) is 59.6 Å². The molecule has 1 amide bonds. The lowest BCUT2D eigenvalue weighted by Gasteiger charge is -2.13. The molecule has 0 bridgehead atoms. The average molecular weight is 280 g/mol. The predicted molar refractivity (Wildman–Crippen MR) is 80.5 cm³/mol. The lowest BCUT2D eigenvalue weighted by molar-refractivity contribution is -0.115. The van der Waals surface area contributed by atoms with Crippen LogP contribution in [0, 0.1) is 0 Å². The van der Waals surface area contributed by atoms with Crippen LogP contribution in [0.15, 0.2) is 18.2 Å². The van der Waals surface area contributed by atoms with E-state index in [4.69, 9.17) is 9.47 Å². The number of ether oxygens (including phenoxy) is 2. The van der Waals surface area contributed by atoms with Crippen LogP contribution >= 0.6 is 0 Å². The van der Waals surface area contributed by atoms with E-state index in [0.29, 0.717) is 36.4 Å². The van der Waals surface area contributed by atoms with Crippen LogP contribution in [-0.4, -0.2) is 32.2 Å². The molecule has 0 aliphatic rings. The summed E-state index contributed by atoms with van der Waals surface area (Å²) in [5.74, 6) is 1.21. The first-order valence-electron chi connectivity index (χ1n) is 6.94. The molecule has 112 valence electrons. The van der Waals surface area contributed by atoms with Crippen LogP contribution in [0.5, 0.6) is 11.5 Å². The third-order valence-electron chi connectivity index (χ3n) is 2.97. The molecule has 1 rings (SSSR count). The number of amides is 1. The monoisotopic (exact) mass is 280 g/mol. The van der Waals surface area contributed by atoms with Crippen molar-refractivity contribution in [2.45, 2.75) is 33.2 Å². The van der Waals surface area contributed by atoms with Gasteiger partial charge in [0.2, 0.25) is 5.91 Å². The molecule has 0 aromatic heterocycles. The quantitative estimate of drug-likeness (QED) is 0.768. The number of nitrogens with one attached hydrogen (secondary N) is 2. The zero-order valence-electron chi connectivity index (χ0n) is 12.7. The maximum Gasteiger partial charge on any atom is 0.238 e. The fourth-order valence-corrected chi connectivity index (χ4v) is 1.64. The largest absolute Gasteiger partial charge is 0.493 e. The summed E-state index contributed by atoms with van der Waals surface area (Å²) < 4.78 is 10.7. The summed E-state index contributed by atoms with van der Waals surface area (Å²) in [5.41, 5.74) is 0.699. The minimum atomic E-state index is -0.0714. The van der Waals surface area contributed by atoms with Crippen molar-refractivity contribution in [3.63, 3.8) is 0 Å². The molecule has 1 unspecified atom stereocenters. The Morgan fingerprint density at radius 1 is 1.30 bits per heavy atom. The van der Waals surface area contributed by atoms with Crippen LogP contribution in [-0.2, 0) is 4.79 Å². The summed E-state index contributed by atoms with van der Waals surface area (Å²) in [6, 6.07) is 5.67. The van der Waals surface area contributed by atoms with E-state index in [1.807, 2.05) is 13.8 Å². The third-order valence-corrected chi connectivity index (χ3v) is 2.97. The van der Waals surface area contributed by atoms with E-state index in [1.165, 1.54) is 0 Å². The van der Waals surface area contributed by atoms with Crippen LogP contribution in [0.3, 0.4) is 0 Å². The number of rotatable bonds is 8. The summed E-state index contributed by atoms with van der Waals surface area (Å²) in [5, 5.41) is 5.98.